The number of carbonyl (C=O) groups excluding carboxylic acids is 2. The van der Waals surface area contributed by atoms with Crippen LogP contribution in [0.2, 0.25) is 0 Å². The zero-order chi connectivity index (χ0) is 40.3. The number of aromatic nitrogens is 5. The number of anilines is 3. The van der Waals surface area contributed by atoms with Crippen molar-refractivity contribution >= 4 is 40.0 Å². The smallest absolute Gasteiger partial charge is 0.348 e. The third-order valence-corrected chi connectivity index (χ3v) is 10.5. The molecule has 0 bridgehead atoms. The zero-order valence-corrected chi connectivity index (χ0v) is 31.6. The average Bonchev–Trinajstić information content (AvgIpc) is 3.62. The van der Waals surface area contributed by atoms with Crippen LogP contribution in [0.25, 0.3) is 27.8 Å². The summed E-state index contributed by atoms with van der Waals surface area (Å²) in [5.41, 5.74) is 3.89. The normalized spacial score (nSPS) is 14.0. The lowest BCUT2D eigenvalue weighted by Gasteiger charge is -2.38. The molecule has 58 heavy (non-hydrogen) atoms. The fraction of sp³-hybridized carbons (Fsp3) is 0.238. The third kappa shape index (κ3) is 7.71. The number of aromatic amines is 1. The maximum absolute atomic E-state index is 13.0. The van der Waals surface area contributed by atoms with Crippen LogP contribution in [-0.2, 0) is 29.1 Å². The minimum atomic E-state index is -0.504. The second-order valence-corrected chi connectivity index (χ2v) is 14.2. The molecule has 2 aliphatic heterocycles. The second-order valence-electron chi connectivity index (χ2n) is 14.2. The van der Waals surface area contributed by atoms with Crippen molar-refractivity contribution in [3.63, 3.8) is 0 Å². The first-order valence-corrected chi connectivity index (χ1v) is 19.0. The van der Waals surface area contributed by atoms with Gasteiger partial charge in [0.1, 0.15) is 23.1 Å². The Labute approximate surface area is 332 Å². The Morgan fingerprint density at radius 1 is 0.879 bits per heavy atom. The predicted molar refractivity (Wildman–Crippen MR) is 219 cm³/mol. The summed E-state index contributed by atoms with van der Waals surface area (Å²) in [6, 6.07) is 22.6. The van der Waals surface area contributed by atoms with Crippen LogP contribution in [0.5, 0.6) is 17.2 Å². The van der Waals surface area contributed by atoms with Gasteiger partial charge in [0.25, 0.3) is 0 Å². The number of piperazine rings is 1. The largest absolute Gasteiger partial charge is 0.508 e. The van der Waals surface area contributed by atoms with E-state index in [9.17, 15) is 29.7 Å². The molecular weight excluding hydrogens is 741 g/mol. The molecule has 2 aromatic heterocycles. The van der Waals surface area contributed by atoms with Gasteiger partial charge in [-0.05, 0) is 53.8 Å². The molecule has 1 fully saturated rings. The number of aromatic hydroxyl groups is 3. The van der Waals surface area contributed by atoms with E-state index in [-0.39, 0.29) is 60.0 Å². The van der Waals surface area contributed by atoms with E-state index in [0.717, 1.165) is 39.1 Å². The SMILES string of the molecule is C=CC(=O)N1CCN(c2nc(NCCC(=O)NCc3ccc(-n4c(-c5ccc(O)cc5O)n[nH]c4=O)cc3)nc3c2CCN(c2cc(O)cc4ccccc24)C3)CC1. The number of fused-ring (bicyclic) bond motifs is 2. The van der Waals surface area contributed by atoms with Crippen molar-refractivity contribution in [2.75, 3.05) is 54.4 Å². The van der Waals surface area contributed by atoms with Crippen LogP contribution in [0.15, 0.2) is 96.3 Å². The van der Waals surface area contributed by atoms with Crippen LogP contribution in [0.4, 0.5) is 17.5 Å². The summed E-state index contributed by atoms with van der Waals surface area (Å²) in [6.07, 6.45) is 2.18. The maximum Gasteiger partial charge on any atom is 0.348 e. The van der Waals surface area contributed by atoms with Crippen LogP contribution in [0, 0.1) is 0 Å². The number of phenolic OH excluding ortho intramolecular Hbond substituents is 3. The van der Waals surface area contributed by atoms with Gasteiger partial charge in [-0.3, -0.25) is 9.59 Å². The van der Waals surface area contributed by atoms with E-state index in [2.05, 4.69) is 43.3 Å². The van der Waals surface area contributed by atoms with Gasteiger partial charge < -0.3 is 40.7 Å². The monoisotopic (exact) mass is 782 g/mol. The number of carbonyl (C=O) groups is 2. The molecule has 0 unspecified atom stereocenters. The quantitative estimate of drug-likeness (QED) is 0.104. The molecule has 4 heterocycles. The number of H-pyrrole nitrogens is 1. The van der Waals surface area contributed by atoms with Crippen molar-refractivity contribution in [1.82, 2.24) is 34.9 Å². The van der Waals surface area contributed by atoms with Gasteiger partial charge in [-0.15, -0.1) is 0 Å². The summed E-state index contributed by atoms with van der Waals surface area (Å²) in [5.74, 6) is 0.967. The molecule has 0 saturated carbocycles. The predicted octanol–water partition coefficient (Wildman–Crippen LogP) is 3.80. The van der Waals surface area contributed by atoms with Crippen LogP contribution in [0.1, 0.15) is 23.2 Å². The number of amides is 2. The Kier molecular flexibility index (Phi) is 10.4. The van der Waals surface area contributed by atoms with Crippen molar-refractivity contribution in [3.05, 3.63) is 119 Å². The highest BCUT2D eigenvalue weighted by molar-refractivity contribution is 5.96. The average molecular weight is 783 g/mol. The van der Waals surface area contributed by atoms with Crippen molar-refractivity contribution < 1.29 is 24.9 Å². The number of hydrogen-bond donors (Lipinski definition) is 6. The maximum atomic E-state index is 13.0. The molecule has 6 aromatic rings. The minimum absolute atomic E-state index is 0.0930. The molecule has 6 N–H and O–H groups in total. The van der Waals surface area contributed by atoms with Crippen molar-refractivity contribution in [2.45, 2.75) is 25.9 Å². The van der Waals surface area contributed by atoms with Crippen molar-refractivity contribution in [2.24, 2.45) is 0 Å². The first-order valence-electron chi connectivity index (χ1n) is 19.0. The molecule has 0 atom stereocenters. The second kappa shape index (κ2) is 16.0. The number of rotatable bonds is 11. The Hall–Kier alpha value is -7.36. The summed E-state index contributed by atoms with van der Waals surface area (Å²) in [5, 5.41) is 45.2. The summed E-state index contributed by atoms with van der Waals surface area (Å²) in [7, 11) is 0. The molecule has 16 heteroatoms. The van der Waals surface area contributed by atoms with Crippen molar-refractivity contribution in [3.8, 4) is 34.3 Å². The number of nitrogens with zero attached hydrogens (tertiary/aromatic N) is 7. The van der Waals surface area contributed by atoms with E-state index in [1.165, 1.54) is 28.8 Å². The minimum Gasteiger partial charge on any atom is -0.508 e. The molecule has 4 aromatic carbocycles. The highest BCUT2D eigenvalue weighted by Gasteiger charge is 2.29. The van der Waals surface area contributed by atoms with Gasteiger partial charge >= 0.3 is 5.69 Å². The fourth-order valence-corrected chi connectivity index (χ4v) is 7.53. The Balaban J connectivity index is 0.938. The lowest BCUT2D eigenvalue weighted by molar-refractivity contribution is -0.126. The van der Waals surface area contributed by atoms with Gasteiger partial charge in [0.15, 0.2) is 5.82 Å². The zero-order valence-electron chi connectivity index (χ0n) is 31.6. The van der Waals surface area contributed by atoms with Crippen LogP contribution in [-0.4, -0.2) is 96.0 Å². The standard InChI is InChI=1S/C42H42N10O6/c1-2-38(57)49-17-19-50(20-18-49)39-32-14-16-51(35-22-30(54)21-27-5-3-4-6-31(27)35)25-34(32)45-41(46-39)43-15-13-37(56)44-24-26-7-9-28(10-8-26)52-40(47-48-42(52)58)33-12-11-29(53)23-36(33)55/h2-12,21-23,53-55H,1,13-20,24-25H2,(H,44,56)(H,48,58)(H,43,45,46). The number of benzene rings is 4. The van der Waals surface area contributed by atoms with E-state index in [1.54, 1.807) is 41.3 Å². The van der Waals surface area contributed by atoms with E-state index >= 15 is 0 Å². The molecule has 296 valence electrons. The molecule has 8 rings (SSSR count). The highest BCUT2D eigenvalue weighted by atomic mass is 16.3. The Morgan fingerprint density at radius 3 is 2.45 bits per heavy atom. The lowest BCUT2D eigenvalue weighted by Crippen LogP contribution is -2.49. The molecular formula is C42H42N10O6. The van der Waals surface area contributed by atoms with Gasteiger partial charge in [0.05, 0.1) is 23.5 Å². The number of hydrogen-bond acceptors (Lipinski definition) is 12. The van der Waals surface area contributed by atoms with Gasteiger partial charge in [-0.2, -0.15) is 10.1 Å². The molecule has 0 radical (unpaired) electrons. The summed E-state index contributed by atoms with van der Waals surface area (Å²) >= 11 is 0. The Morgan fingerprint density at radius 2 is 1.67 bits per heavy atom. The van der Waals surface area contributed by atoms with Gasteiger partial charge in [0.2, 0.25) is 17.8 Å². The molecule has 2 aliphatic rings. The first kappa shape index (κ1) is 37.6. The number of phenols is 3. The van der Waals surface area contributed by atoms with Crippen LogP contribution < -0.4 is 26.1 Å². The molecule has 16 nitrogen and oxygen atoms in total. The van der Waals surface area contributed by atoms with Crippen LogP contribution in [0.3, 0.4) is 0 Å². The summed E-state index contributed by atoms with van der Waals surface area (Å²) in [4.78, 5) is 54.0. The van der Waals surface area contributed by atoms with Gasteiger partial charge in [0, 0.05) is 81.0 Å². The van der Waals surface area contributed by atoms with E-state index in [4.69, 9.17) is 9.97 Å². The van der Waals surface area contributed by atoms with Gasteiger partial charge in [-0.1, -0.05) is 43.0 Å². The summed E-state index contributed by atoms with van der Waals surface area (Å²) < 4.78 is 1.31. The van der Waals surface area contributed by atoms with E-state index in [0.29, 0.717) is 57.3 Å². The topological polar surface area (TPSA) is 205 Å². The van der Waals surface area contributed by atoms with Crippen molar-refractivity contribution in [1.29, 1.82) is 0 Å². The molecule has 1 saturated heterocycles. The summed E-state index contributed by atoms with van der Waals surface area (Å²) in [6.45, 7) is 7.67. The molecule has 0 aliphatic carbocycles. The third-order valence-electron chi connectivity index (χ3n) is 10.5. The van der Waals surface area contributed by atoms with E-state index < -0.39 is 5.69 Å². The molecule has 2 amide bonds. The highest BCUT2D eigenvalue weighted by Crippen LogP contribution is 2.36. The van der Waals surface area contributed by atoms with E-state index in [1.807, 2.05) is 18.2 Å². The van der Waals surface area contributed by atoms with Gasteiger partial charge in [-0.25, -0.2) is 19.4 Å². The van der Waals surface area contributed by atoms with Crippen LogP contribution >= 0.6 is 0 Å². The Bertz CT molecular complexity index is 2580. The lowest BCUT2D eigenvalue weighted by atomic mass is 10.0. The fourth-order valence-electron chi connectivity index (χ4n) is 7.53. The number of nitrogens with one attached hydrogen (secondary N) is 3. The molecule has 0 spiro atoms. The first-order chi connectivity index (χ1) is 28.1.